The zero-order valence-electron chi connectivity index (χ0n) is 8.80. The number of benzene rings is 1. The topological polar surface area (TPSA) is 20.2 Å². The Balaban J connectivity index is 2.32. The lowest BCUT2D eigenvalue weighted by Crippen LogP contribution is -2.47. The predicted molar refractivity (Wildman–Crippen MR) is 63.6 cm³/mol. The number of hydrogen-bond acceptors (Lipinski definition) is 1. The summed E-state index contributed by atoms with van der Waals surface area (Å²) < 4.78 is 0. The molecule has 1 nitrogen and oxygen atoms in total. The van der Waals surface area contributed by atoms with Crippen molar-refractivity contribution in [2.75, 3.05) is 0 Å². The third-order valence-electron chi connectivity index (χ3n) is 3.55. The first-order valence-electron chi connectivity index (χ1n) is 5.06. The molecule has 2 unspecified atom stereocenters. The van der Waals surface area contributed by atoms with Gasteiger partial charge < -0.3 is 5.11 Å². The van der Waals surface area contributed by atoms with Crippen molar-refractivity contribution < 1.29 is 5.11 Å². The molecule has 2 atom stereocenters. The number of aliphatic hydroxyl groups is 1. The van der Waals surface area contributed by atoms with Crippen molar-refractivity contribution in [2.45, 2.75) is 32.3 Å². The van der Waals surface area contributed by atoms with E-state index >= 15 is 0 Å². The van der Waals surface area contributed by atoms with Crippen molar-refractivity contribution in [2.24, 2.45) is 5.41 Å². The monoisotopic (exact) mass is 244 g/mol. The van der Waals surface area contributed by atoms with Crippen molar-refractivity contribution in [3.63, 3.8) is 0 Å². The molecule has 0 aliphatic heterocycles. The van der Waals surface area contributed by atoms with Crippen LogP contribution in [-0.4, -0.2) is 11.2 Å². The Bertz CT molecular complexity index is 387. The summed E-state index contributed by atoms with van der Waals surface area (Å²) in [7, 11) is 0. The predicted octanol–water partition coefficient (Wildman–Crippen LogP) is 3.87. The lowest BCUT2D eigenvalue weighted by atomic mass is 9.58. The molecule has 3 heteroatoms. The van der Waals surface area contributed by atoms with Gasteiger partial charge in [-0.2, -0.15) is 0 Å². The molecule has 0 bridgehead atoms. The Morgan fingerprint density at radius 3 is 2.47 bits per heavy atom. The summed E-state index contributed by atoms with van der Waals surface area (Å²) in [5.74, 6) is 0.331. The van der Waals surface area contributed by atoms with E-state index in [-0.39, 0.29) is 11.5 Å². The number of aliphatic hydroxyl groups excluding tert-OH is 1. The van der Waals surface area contributed by atoms with Crippen LogP contribution in [0.25, 0.3) is 0 Å². The minimum Gasteiger partial charge on any atom is -0.393 e. The van der Waals surface area contributed by atoms with E-state index in [1.165, 1.54) is 0 Å². The average Bonchev–Trinajstić information content (AvgIpc) is 2.15. The molecule has 1 aromatic carbocycles. The second-order valence-corrected chi connectivity index (χ2v) is 5.63. The van der Waals surface area contributed by atoms with E-state index in [0.29, 0.717) is 16.0 Å². The highest BCUT2D eigenvalue weighted by atomic mass is 35.5. The van der Waals surface area contributed by atoms with Gasteiger partial charge in [-0.1, -0.05) is 43.1 Å². The molecule has 1 N–H and O–H groups in total. The van der Waals surface area contributed by atoms with Gasteiger partial charge in [-0.05, 0) is 35.4 Å². The van der Waals surface area contributed by atoms with Gasteiger partial charge in [0.15, 0.2) is 0 Å². The van der Waals surface area contributed by atoms with Crippen LogP contribution in [0.2, 0.25) is 10.0 Å². The van der Waals surface area contributed by atoms with E-state index in [1.807, 2.05) is 12.1 Å². The van der Waals surface area contributed by atoms with Gasteiger partial charge in [0.05, 0.1) is 6.10 Å². The van der Waals surface area contributed by atoms with E-state index in [1.54, 1.807) is 6.07 Å². The van der Waals surface area contributed by atoms with Gasteiger partial charge >= 0.3 is 0 Å². The molecule has 0 saturated heterocycles. The highest BCUT2D eigenvalue weighted by Crippen LogP contribution is 2.53. The van der Waals surface area contributed by atoms with Gasteiger partial charge in [0, 0.05) is 10.0 Å². The first kappa shape index (κ1) is 11.3. The highest BCUT2D eigenvalue weighted by molar-refractivity contribution is 6.35. The van der Waals surface area contributed by atoms with Crippen LogP contribution in [0.4, 0.5) is 0 Å². The van der Waals surface area contributed by atoms with Gasteiger partial charge in [0.2, 0.25) is 0 Å². The maximum atomic E-state index is 9.68. The zero-order valence-corrected chi connectivity index (χ0v) is 10.3. The van der Waals surface area contributed by atoms with E-state index in [0.717, 1.165) is 12.0 Å². The minimum absolute atomic E-state index is 0.0858. The second-order valence-electron chi connectivity index (χ2n) is 4.79. The maximum Gasteiger partial charge on any atom is 0.0603 e. The van der Waals surface area contributed by atoms with Crippen LogP contribution in [0.15, 0.2) is 18.2 Å². The van der Waals surface area contributed by atoms with Crippen LogP contribution in [-0.2, 0) is 0 Å². The third-order valence-corrected chi connectivity index (χ3v) is 4.12. The third kappa shape index (κ3) is 1.77. The van der Waals surface area contributed by atoms with Crippen LogP contribution < -0.4 is 0 Å². The Kier molecular flexibility index (Phi) is 2.74. The molecule has 1 aromatic rings. The summed E-state index contributed by atoms with van der Waals surface area (Å²) in [5, 5.41) is 11.0. The van der Waals surface area contributed by atoms with Crippen molar-refractivity contribution >= 4 is 23.2 Å². The van der Waals surface area contributed by atoms with Gasteiger partial charge in [-0.15, -0.1) is 0 Å². The summed E-state index contributed by atoms with van der Waals surface area (Å²) in [5.41, 5.74) is 1.01. The summed E-state index contributed by atoms with van der Waals surface area (Å²) >= 11 is 12.0. The Labute approximate surface area is 100 Å². The smallest absolute Gasteiger partial charge is 0.0603 e. The van der Waals surface area contributed by atoms with Crippen molar-refractivity contribution in [1.29, 1.82) is 0 Å². The summed E-state index contributed by atoms with van der Waals surface area (Å²) in [4.78, 5) is 0. The number of halogens is 2. The summed E-state index contributed by atoms with van der Waals surface area (Å²) in [6, 6.07) is 5.58. The summed E-state index contributed by atoms with van der Waals surface area (Å²) in [6.07, 6.45) is 0.559. The molecule has 0 spiro atoms. The standard InChI is InChI=1S/C12H14Cl2O/c1-12(2)9(6-11(12)15)8-4-3-7(13)5-10(8)14/h3-5,9,11,15H,6H2,1-2H3. The second kappa shape index (κ2) is 3.65. The molecule has 1 aliphatic carbocycles. The normalized spacial score (nSPS) is 28.6. The van der Waals surface area contributed by atoms with Gasteiger partial charge in [0.1, 0.15) is 0 Å². The van der Waals surface area contributed by atoms with E-state index < -0.39 is 0 Å². The minimum atomic E-state index is -0.228. The summed E-state index contributed by atoms with van der Waals surface area (Å²) in [6.45, 7) is 4.13. The molecule has 2 rings (SSSR count). The highest BCUT2D eigenvalue weighted by Gasteiger charge is 2.48. The molecule has 0 aromatic heterocycles. The quantitative estimate of drug-likeness (QED) is 0.796. The largest absolute Gasteiger partial charge is 0.393 e. The fraction of sp³-hybridized carbons (Fsp3) is 0.500. The maximum absolute atomic E-state index is 9.68. The molecule has 15 heavy (non-hydrogen) atoms. The lowest BCUT2D eigenvalue weighted by molar-refractivity contribution is -0.0625. The molecular weight excluding hydrogens is 231 g/mol. The van der Waals surface area contributed by atoms with Gasteiger partial charge in [-0.25, -0.2) is 0 Å². The van der Waals surface area contributed by atoms with Crippen LogP contribution in [0, 0.1) is 5.41 Å². The average molecular weight is 245 g/mol. The van der Waals surface area contributed by atoms with Crippen molar-refractivity contribution in [3.8, 4) is 0 Å². The van der Waals surface area contributed by atoms with Crippen LogP contribution in [0.1, 0.15) is 31.7 Å². The Hall–Kier alpha value is -0.240. The van der Waals surface area contributed by atoms with Gasteiger partial charge in [0.25, 0.3) is 0 Å². The van der Waals surface area contributed by atoms with Crippen LogP contribution in [0.3, 0.4) is 0 Å². The number of hydrogen-bond donors (Lipinski definition) is 1. The van der Waals surface area contributed by atoms with Crippen molar-refractivity contribution in [1.82, 2.24) is 0 Å². The van der Waals surface area contributed by atoms with Crippen LogP contribution in [0.5, 0.6) is 0 Å². The molecule has 0 amide bonds. The van der Waals surface area contributed by atoms with Crippen molar-refractivity contribution in [3.05, 3.63) is 33.8 Å². The molecule has 1 fully saturated rings. The van der Waals surface area contributed by atoms with E-state index in [4.69, 9.17) is 23.2 Å². The van der Waals surface area contributed by atoms with E-state index in [2.05, 4.69) is 13.8 Å². The first-order chi connectivity index (χ1) is 6.93. The molecule has 1 aliphatic rings. The molecule has 82 valence electrons. The number of rotatable bonds is 1. The molecule has 1 saturated carbocycles. The fourth-order valence-corrected chi connectivity index (χ4v) is 2.75. The molecule has 0 heterocycles. The SMILES string of the molecule is CC1(C)C(O)CC1c1ccc(Cl)cc1Cl. The van der Waals surface area contributed by atoms with E-state index in [9.17, 15) is 5.11 Å². The Morgan fingerprint density at radius 2 is 2.00 bits per heavy atom. The molecular formula is C12H14Cl2O. The lowest BCUT2D eigenvalue weighted by Gasteiger charge is -2.50. The van der Waals surface area contributed by atoms with Gasteiger partial charge in [-0.3, -0.25) is 0 Å². The zero-order chi connectivity index (χ0) is 11.2. The first-order valence-corrected chi connectivity index (χ1v) is 5.81. The van der Waals surface area contributed by atoms with Crippen LogP contribution >= 0.6 is 23.2 Å². The Morgan fingerprint density at radius 1 is 1.33 bits per heavy atom. The molecule has 0 radical (unpaired) electrons. The fourth-order valence-electron chi connectivity index (χ4n) is 2.21.